The van der Waals surface area contributed by atoms with Crippen LogP contribution in [-0.4, -0.2) is 36.9 Å². The molecule has 0 atom stereocenters. The summed E-state index contributed by atoms with van der Waals surface area (Å²) in [5, 5.41) is 8.17. The second kappa shape index (κ2) is 7.15. The van der Waals surface area contributed by atoms with Gasteiger partial charge < -0.3 is 15.5 Å². The first-order valence-electron chi connectivity index (χ1n) is 8.32. The van der Waals surface area contributed by atoms with E-state index in [2.05, 4.69) is 46.7 Å². The van der Waals surface area contributed by atoms with Gasteiger partial charge >= 0.3 is 0 Å². The van der Waals surface area contributed by atoms with Crippen LogP contribution < -0.4 is 10.6 Å². The van der Waals surface area contributed by atoms with Crippen LogP contribution in [-0.2, 0) is 0 Å². The molecule has 0 bridgehead atoms. The Bertz CT molecular complexity index is 699. The van der Waals surface area contributed by atoms with E-state index in [0.29, 0.717) is 0 Å². The normalized spacial score (nSPS) is 16.1. The van der Waals surface area contributed by atoms with E-state index in [0.717, 1.165) is 43.4 Å². The average Bonchev–Trinajstić information content (AvgIpc) is 2.89. The standard InChI is InChI=1S/C16H18N4S.C2H6/c1-11-10-12-15(20-8-6-17-7-9-20)18-13-4-2-3-5-14(13)19-16(12)21-11;1-2/h2-5,10,17,19H,6-9H2,1H3;1-2H3. The molecule has 2 aliphatic rings. The lowest BCUT2D eigenvalue weighted by Gasteiger charge is -2.30. The summed E-state index contributed by atoms with van der Waals surface area (Å²) in [6.45, 7) is 10.2. The second-order valence-corrected chi connectivity index (χ2v) is 6.67. The molecule has 4 rings (SSSR count). The topological polar surface area (TPSA) is 39.7 Å². The molecule has 0 unspecified atom stereocenters. The van der Waals surface area contributed by atoms with E-state index in [1.165, 1.54) is 15.4 Å². The third-order valence-electron chi connectivity index (χ3n) is 3.89. The van der Waals surface area contributed by atoms with Gasteiger partial charge in [-0.2, -0.15) is 0 Å². The van der Waals surface area contributed by atoms with Crippen LogP contribution in [0.4, 0.5) is 16.4 Å². The fraction of sp³-hybridized carbons (Fsp3) is 0.389. The molecule has 0 spiro atoms. The number of piperazine rings is 1. The van der Waals surface area contributed by atoms with E-state index in [1.807, 2.05) is 19.9 Å². The minimum absolute atomic E-state index is 1.01. The summed E-state index contributed by atoms with van der Waals surface area (Å²) in [4.78, 5) is 8.69. The molecular formula is C18H24N4S. The molecule has 2 aromatic rings. The SMILES string of the molecule is CC.Cc1cc2c(s1)Nc1ccccc1N=C2N1CCNCC1. The van der Waals surface area contributed by atoms with Crippen molar-refractivity contribution < 1.29 is 0 Å². The van der Waals surface area contributed by atoms with Crippen molar-refractivity contribution in [2.45, 2.75) is 20.8 Å². The van der Waals surface area contributed by atoms with Gasteiger partial charge in [0.25, 0.3) is 0 Å². The van der Waals surface area contributed by atoms with E-state index in [1.54, 1.807) is 11.3 Å². The second-order valence-electron chi connectivity index (χ2n) is 5.41. The lowest BCUT2D eigenvalue weighted by atomic mass is 10.2. The summed E-state index contributed by atoms with van der Waals surface area (Å²) in [5.74, 6) is 1.10. The number of para-hydroxylation sites is 2. The number of hydrogen-bond donors (Lipinski definition) is 2. The Morgan fingerprint density at radius 3 is 2.65 bits per heavy atom. The van der Waals surface area contributed by atoms with Crippen LogP contribution in [0.15, 0.2) is 35.3 Å². The number of nitrogens with zero attached hydrogens (tertiary/aromatic N) is 2. The van der Waals surface area contributed by atoms with Gasteiger partial charge in [0.05, 0.1) is 16.9 Å². The largest absolute Gasteiger partial charge is 0.353 e. The number of hydrogen-bond acceptors (Lipinski definition) is 5. The molecule has 1 fully saturated rings. The maximum atomic E-state index is 4.98. The summed E-state index contributed by atoms with van der Waals surface area (Å²) in [6, 6.07) is 10.5. The first kappa shape index (κ1) is 16.0. The maximum Gasteiger partial charge on any atom is 0.139 e. The molecule has 0 saturated carbocycles. The summed E-state index contributed by atoms with van der Waals surface area (Å²) in [5.41, 5.74) is 3.34. The number of amidine groups is 1. The Kier molecular flexibility index (Phi) is 4.98. The van der Waals surface area contributed by atoms with Crippen molar-refractivity contribution in [2.24, 2.45) is 4.99 Å². The lowest BCUT2D eigenvalue weighted by molar-refractivity contribution is 0.358. The molecule has 122 valence electrons. The van der Waals surface area contributed by atoms with Crippen LogP contribution in [0.1, 0.15) is 24.3 Å². The zero-order valence-electron chi connectivity index (χ0n) is 14.0. The van der Waals surface area contributed by atoms with Crippen LogP contribution in [0, 0.1) is 6.92 Å². The number of rotatable bonds is 0. The predicted molar refractivity (Wildman–Crippen MR) is 101 cm³/mol. The van der Waals surface area contributed by atoms with Crippen LogP contribution in [0.5, 0.6) is 0 Å². The van der Waals surface area contributed by atoms with Crippen LogP contribution in [0.25, 0.3) is 0 Å². The van der Waals surface area contributed by atoms with Gasteiger partial charge in [0.2, 0.25) is 0 Å². The Hall–Kier alpha value is -1.85. The van der Waals surface area contributed by atoms with Crippen LogP contribution >= 0.6 is 11.3 Å². The van der Waals surface area contributed by atoms with Gasteiger partial charge in [-0.3, -0.25) is 0 Å². The number of benzene rings is 1. The lowest BCUT2D eigenvalue weighted by Crippen LogP contribution is -2.46. The van der Waals surface area contributed by atoms with Crippen molar-refractivity contribution in [3.8, 4) is 0 Å². The third-order valence-corrected chi connectivity index (χ3v) is 4.86. The average molecular weight is 328 g/mol. The fourth-order valence-corrected chi connectivity index (χ4v) is 3.78. The quantitative estimate of drug-likeness (QED) is 0.764. The minimum atomic E-state index is 1.01. The Balaban J connectivity index is 0.000000753. The fourth-order valence-electron chi connectivity index (χ4n) is 2.86. The summed E-state index contributed by atoms with van der Waals surface area (Å²) in [7, 11) is 0. The van der Waals surface area contributed by atoms with Crippen LogP contribution in [0.3, 0.4) is 0 Å². The number of fused-ring (bicyclic) bond motifs is 2. The molecule has 4 nitrogen and oxygen atoms in total. The van der Waals surface area contributed by atoms with E-state index in [4.69, 9.17) is 4.99 Å². The van der Waals surface area contributed by atoms with Gasteiger partial charge in [-0.05, 0) is 25.1 Å². The summed E-state index contributed by atoms with van der Waals surface area (Å²) >= 11 is 1.80. The highest BCUT2D eigenvalue weighted by atomic mass is 32.1. The van der Waals surface area contributed by atoms with Crippen molar-refractivity contribution in [2.75, 3.05) is 31.5 Å². The zero-order chi connectivity index (χ0) is 16.2. The molecule has 1 saturated heterocycles. The Labute approximate surface area is 142 Å². The number of aryl methyl sites for hydroxylation is 1. The highest BCUT2D eigenvalue weighted by Gasteiger charge is 2.24. The molecule has 0 amide bonds. The highest BCUT2D eigenvalue weighted by molar-refractivity contribution is 7.16. The molecule has 1 aromatic heterocycles. The van der Waals surface area contributed by atoms with Gasteiger partial charge in [0.15, 0.2) is 0 Å². The first-order chi connectivity index (χ1) is 11.3. The third kappa shape index (κ3) is 3.26. The monoisotopic (exact) mass is 328 g/mol. The van der Waals surface area contributed by atoms with Gasteiger partial charge in [0.1, 0.15) is 10.8 Å². The molecule has 3 heterocycles. The molecule has 23 heavy (non-hydrogen) atoms. The van der Waals surface area contributed by atoms with Crippen molar-refractivity contribution in [1.29, 1.82) is 0 Å². The minimum Gasteiger partial charge on any atom is -0.353 e. The van der Waals surface area contributed by atoms with E-state index in [9.17, 15) is 0 Å². The number of anilines is 2. The Morgan fingerprint density at radius 1 is 1.13 bits per heavy atom. The van der Waals surface area contributed by atoms with E-state index < -0.39 is 0 Å². The first-order valence-corrected chi connectivity index (χ1v) is 9.14. The number of nitrogens with one attached hydrogen (secondary N) is 2. The molecule has 5 heteroatoms. The molecule has 0 aliphatic carbocycles. The van der Waals surface area contributed by atoms with Crippen molar-refractivity contribution in [1.82, 2.24) is 10.2 Å². The summed E-state index contributed by atoms with van der Waals surface area (Å²) in [6.07, 6.45) is 0. The molecule has 2 N–H and O–H groups in total. The van der Waals surface area contributed by atoms with Crippen molar-refractivity contribution >= 4 is 33.5 Å². The van der Waals surface area contributed by atoms with Gasteiger partial charge in [0, 0.05) is 31.1 Å². The molecule has 1 aromatic carbocycles. The highest BCUT2D eigenvalue weighted by Crippen LogP contribution is 2.38. The van der Waals surface area contributed by atoms with Crippen molar-refractivity contribution in [3.63, 3.8) is 0 Å². The maximum absolute atomic E-state index is 4.98. The van der Waals surface area contributed by atoms with Crippen molar-refractivity contribution in [3.05, 3.63) is 40.8 Å². The Morgan fingerprint density at radius 2 is 1.87 bits per heavy atom. The summed E-state index contributed by atoms with van der Waals surface area (Å²) < 4.78 is 0. The molecule has 2 aliphatic heterocycles. The van der Waals surface area contributed by atoms with E-state index >= 15 is 0 Å². The predicted octanol–water partition coefficient (Wildman–Crippen LogP) is 4.12. The van der Waals surface area contributed by atoms with Gasteiger partial charge in [-0.1, -0.05) is 26.0 Å². The van der Waals surface area contributed by atoms with Gasteiger partial charge in [-0.25, -0.2) is 4.99 Å². The smallest absolute Gasteiger partial charge is 0.139 e. The molecular weight excluding hydrogens is 304 g/mol. The number of aliphatic imine (C=N–C) groups is 1. The van der Waals surface area contributed by atoms with Crippen LogP contribution in [0.2, 0.25) is 0 Å². The number of thiophene rings is 1. The zero-order valence-corrected chi connectivity index (χ0v) is 14.8. The van der Waals surface area contributed by atoms with Gasteiger partial charge in [-0.15, -0.1) is 11.3 Å². The molecule has 0 radical (unpaired) electrons. The van der Waals surface area contributed by atoms with E-state index in [-0.39, 0.29) is 0 Å².